The Hall–Kier alpha value is -3.66. The van der Waals surface area contributed by atoms with Crippen molar-refractivity contribution in [2.75, 3.05) is 48.4 Å². The van der Waals surface area contributed by atoms with E-state index in [4.69, 9.17) is 4.74 Å². The molecule has 2 heterocycles. The lowest BCUT2D eigenvalue weighted by molar-refractivity contribution is -0.137. The van der Waals surface area contributed by atoms with Crippen molar-refractivity contribution in [2.24, 2.45) is 0 Å². The van der Waals surface area contributed by atoms with Crippen molar-refractivity contribution in [2.45, 2.75) is 20.0 Å². The fourth-order valence-corrected chi connectivity index (χ4v) is 3.78. The number of aromatic nitrogens is 2. The third-order valence-electron chi connectivity index (χ3n) is 5.61. The van der Waals surface area contributed by atoms with Gasteiger partial charge in [-0.1, -0.05) is 12.1 Å². The van der Waals surface area contributed by atoms with Crippen molar-refractivity contribution >= 4 is 23.4 Å². The van der Waals surface area contributed by atoms with Crippen molar-refractivity contribution in [1.29, 1.82) is 0 Å². The number of nitrogens with zero attached hydrogens (tertiary/aromatic N) is 3. The van der Waals surface area contributed by atoms with Gasteiger partial charge >= 0.3 is 6.18 Å². The summed E-state index contributed by atoms with van der Waals surface area (Å²) in [6, 6.07) is 11.6. The topological polar surface area (TPSA) is 79.4 Å². The Kier molecular flexibility index (Phi) is 7.20. The predicted octanol–water partition coefficient (Wildman–Crippen LogP) is 4.99. The van der Waals surface area contributed by atoms with Gasteiger partial charge in [-0.05, 0) is 49.7 Å². The molecule has 7 nitrogen and oxygen atoms in total. The monoisotopic (exact) mass is 485 g/mol. The van der Waals surface area contributed by atoms with Crippen LogP contribution in [-0.2, 0) is 10.9 Å². The summed E-state index contributed by atoms with van der Waals surface area (Å²) in [5, 5.41) is 5.71. The van der Waals surface area contributed by atoms with E-state index in [9.17, 15) is 18.0 Å². The molecule has 4 rings (SSSR count). The number of aryl methyl sites for hydroxylation is 1. The third kappa shape index (κ3) is 5.89. The van der Waals surface area contributed by atoms with E-state index in [1.54, 1.807) is 18.2 Å². The minimum absolute atomic E-state index is 0.0676. The number of benzene rings is 2. The first-order valence-electron chi connectivity index (χ1n) is 11.3. The quantitative estimate of drug-likeness (QED) is 0.512. The van der Waals surface area contributed by atoms with Gasteiger partial charge in [-0.2, -0.15) is 18.2 Å². The number of ether oxygens (including phenoxy) is 1. The number of nitrogens with one attached hydrogen (secondary N) is 2. The Labute approximate surface area is 201 Å². The van der Waals surface area contributed by atoms with Crippen LogP contribution in [0.3, 0.4) is 0 Å². The van der Waals surface area contributed by atoms with Crippen LogP contribution >= 0.6 is 0 Å². The van der Waals surface area contributed by atoms with Gasteiger partial charge in [0, 0.05) is 42.5 Å². The highest BCUT2D eigenvalue weighted by atomic mass is 19.4. The molecule has 1 aromatic heterocycles. The van der Waals surface area contributed by atoms with Crippen LogP contribution in [0.25, 0.3) is 11.3 Å². The number of carbonyl (C=O) groups is 1. The number of carbonyl (C=O) groups excluding carboxylic acids is 1. The van der Waals surface area contributed by atoms with E-state index in [-0.39, 0.29) is 5.69 Å². The molecule has 0 bridgehead atoms. The van der Waals surface area contributed by atoms with Gasteiger partial charge < -0.3 is 20.3 Å². The first-order chi connectivity index (χ1) is 16.7. The molecule has 0 atom stereocenters. The van der Waals surface area contributed by atoms with Crippen LogP contribution in [0.5, 0.6) is 0 Å². The van der Waals surface area contributed by atoms with Crippen LogP contribution in [0, 0.1) is 6.92 Å². The fraction of sp³-hybridized carbons (Fsp3) is 0.320. The molecule has 0 saturated carbocycles. The van der Waals surface area contributed by atoms with Crippen molar-refractivity contribution < 1.29 is 22.7 Å². The van der Waals surface area contributed by atoms with Crippen LogP contribution in [0.15, 0.2) is 48.5 Å². The molecule has 1 fully saturated rings. The number of anilines is 3. The molecule has 0 aliphatic carbocycles. The number of hydrogen-bond acceptors (Lipinski definition) is 6. The maximum atomic E-state index is 13.0. The Bertz CT molecular complexity index is 1210. The van der Waals surface area contributed by atoms with Gasteiger partial charge in [0.25, 0.3) is 5.91 Å². The summed E-state index contributed by atoms with van der Waals surface area (Å²) in [4.78, 5) is 24.3. The number of amides is 1. The molecule has 0 radical (unpaired) electrons. The summed E-state index contributed by atoms with van der Waals surface area (Å²) in [6.45, 7) is 7.15. The second-order valence-corrected chi connectivity index (χ2v) is 8.13. The van der Waals surface area contributed by atoms with E-state index < -0.39 is 17.6 Å². The summed E-state index contributed by atoms with van der Waals surface area (Å²) in [5.74, 6) is 0.720. The van der Waals surface area contributed by atoms with Crippen LogP contribution in [0.2, 0.25) is 0 Å². The van der Waals surface area contributed by atoms with Crippen molar-refractivity contribution in [1.82, 2.24) is 9.97 Å². The molecule has 0 unspecified atom stereocenters. The van der Waals surface area contributed by atoms with E-state index >= 15 is 0 Å². The number of hydrogen-bond donors (Lipinski definition) is 2. The van der Waals surface area contributed by atoms with E-state index in [0.717, 1.165) is 29.1 Å². The minimum Gasteiger partial charge on any atom is -0.378 e. The number of halogens is 3. The van der Waals surface area contributed by atoms with E-state index in [1.165, 1.54) is 12.1 Å². The minimum atomic E-state index is -4.49. The zero-order valence-electron chi connectivity index (χ0n) is 19.4. The van der Waals surface area contributed by atoms with Gasteiger partial charge in [0.2, 0.25) is 5.95 Å². The fourth-order valence-electron chi connectivity index (χ4n) is 3.78. The highest BCUT2D eigenvalue weighted by molar-refractivity contribution is 6.05. The summed E-state index contributed by atoms with van der Waals surface area (Å²) in [5.41, 5.74) is 1.82. The molecule has 3 aromatic rings. The molecule has 1 saturated heterocycles. The highest BCUT2D eigenvalue weighted by Crippen LogP contribution is 2.31. The first-order valence-corrected chi connectivity index (χ1v) is 11.3. The molecule has 1 aliphatic heterocycles. The van der Waals surface area contributed by atoms with Crippen LogP contribution < -0.4 is 15.5 Å². The van der Waals surface area contributed by atoms with Gasteiger partial charge in [0.15, 0.2) is 0 Å². The summed E-state index contributed by atoms with van der Waals surface area (Å²) < 4.78 is 44.5. The Morgan fingerprint density at radius 2 is 1.86 bits per heavy atom. The average molecular weight is 486 g/mol. The third-order valence-corrected chi connectivity index (χ3v) is 5.61. The molecule has 184 valence electrons. The molecule has 35 heavy (non-hydrogen) atoms. The number of alkyl halides is 3. The van der Waals surface area contributed by atoms with Gasteiger partial charge in [-0.25, -0.2) is 4.98 Å². The van der Waals surface area contributed by atoms with Crippen molar-refractivity contribution in [3.05, 3.63) is 65.2 Å². The molecule has 10 heteroatoms. The first kappa shape index (κ1) is 24.5. The van der Waals surface area contributed by atoms with Gasteiger partial charge in [-0.3, -0.25) is 4.79 Å². The lowest BCUT2D eigenvalue weighted by atomic mass is 10.0. The maximum Gasteiger partial charge on any atom is 0.416 e. The molecule has 1 amide bonds. The van der Waals surface area contributed by atoms with Gasteiger partial charge in [0.05, 0.1) is 24.5 Å². The van der Waals surface area contributed by atoms with E-state index in [0.29, 0.717) is 50.1 Å². The van der Waals surface area contributed by atoms with Crippen LogP contribution in [0.4, 0.5) is 30.6 Å². The van der Waals surface area contributed by atoms with E-state index in [1.807, 2.05) is 19.9 Å². The zero-order valence-corrected chi connectivity index (χ0v) is 19.4. The number of rotatable bonds is 6. The standard InChI is InChI=1S/C25H26F3N5O2/c1-3-29-24-31-21(15-22(32-24)33-9-11-35-12-10-33)20-13-17(8-7-16(20)2)23(34)30-19-6-4-5-18(14-19)25(26,27)28/h4-8,13-15H,3,9-12H2,1-2H3,(H,30,34)(H,29,31,32). The molecular weight excluding hydrogens is 459 g/mol. The lowest BCUT2D eigenvalue weighted by Crippen LogP contribution is -2.37. The Morgan fingerprint density at radius 1 is 1.09 bits per heavy atom. The van der Waals surface area contributed by atoms with Crippen LogP contribution in [0.1, 0.15) is 28.4 Å². The van der Waals surface area contributed by atoms with Crippen molar-refractivity contribution in [3.8, 4) is 11.3 Å². The van der Waals surface area contributed by atoms with Crippen LogP contribution in [-0.4, -0.2) is 48.7 Å². The second kappa shape index (κ2) is 10.3. The maximum absolute atomic E-state index is 13.0. The summed E-state index contributed by atoms with van der Waals surface area (Å²) in [7, 11) is 0. The molecule has 2 N–H and O–H groups in total. The highest BCUT2D eigenvalue weighted by Gasteiger charge is 2.30. The lowest BCUT2D eigenvalue weighted by Gasteiger charge is -2.28. The predicted molar refractivity (Wildman–Crippen MR) is 129 cm³/mol. The van der Waals surface area contributed by atoms with Crippen molar-refractivity contribution in [3.63, 3.8) is 0 Å². The molecule has 2 aromatic carbocycles. The molecule has 0 spiro atoms. The van der Waals surface area contributed by atoms with E-state index in [2.05, 4.69) is 25.5 Å². The van der Waals surface area contributed by atoms with Gasteiger partial charge in [0.1, 0.15) is 5.82 Å². The Balaban J connectivity index is 1.65. The summed E-state index contributed by atoms with van der Waals surface area (Å²) >= 11 is 0. The smallest absolute Gasteiger partial charge is 0.378 e. The normalized spacial score (nSPS) is 14.0. The Morgan fingerprint density at radius 3 is 2.57 bits per heavy atom. The summed E-state index contributed by atoms with van der Waals surface area (Å²) in [6.07, 6.45) is -4.49. The average Bonchev–Trinajstić information content (AvgIpc) is 2.84. The zero-order chi connectivity index (χ0) is 25.0. The SMILES string of the molecule is CCNc1nc(-c2cc(C(=O)Nc3cccc(C(F)(F)F)c3)ccc2C)cc(N2CCOCC2)n1. The molecule has 1 aliphatic rings. The largest absolute Gasteiger partial charge is 0.416 e. The second-order valence-electron chi connectivity index (χ2n) is 8.13. The molecular formula is C25H26F3N5O2. The number of morpholine rings is 1. The van der Waals surface area contributed by atoms with Gasteiger partial charge in [-0.15, -0.1) is 0 Å².